The van der Waals surface area contributed by atoms with Gasteiger partial charge in [0.05, 0.1) is 26.2 Å². The van der Waals surface area contributed by atoms with E-state index in [4.69, 9.17) is 14.2 Å². The Balaban J connectivity index is 1.84. The Bertz CT molecular complexity index is 351. The number of hydrogen-bond acceptors (Lipinski definition) is 5. The molecule has 0 unspecified atom stereocenters. The molecule has 1 amide bonds. The van der Waals surface area contributed by atoms with E-state index in [0.717, 1.165) is 19.3 Å². The smallest absolute Gasteiger partial charge is 0.328 e. The number of unbranched alkanes of at least 4 members (excludes halogenated alkanes) is 2. The van der Waals surface area contributed by atoms with Crippen LogP contribution in [-0.4, -0.2) is 43.5 Å². The van der Waals surface area contributed by atoms with E-state index in [1.54, 1.807) is 0 Å². The summed E-state index contributed by atoms with van der Waals surface area (Å²) in [5.41, 5.74) is 0. The van der Waals surface area contributed by atoms with Crippen LogP contribution < -0.4 is 5.32 Å². The SMILES string of the molecule is CCCCCC1(CC(=O)N[C@H]2CCOC2=O)OCCO1. The quantitative estimate of drug-likeness (QED) is 0.561. The third-order valence-corrected chi connectivity index (χ3v) is 3.68. The molecule has 0 aromatic heterocycles. The second kappa shape index (κ2) is 7.04. The van der Waals surface area contributed by atoms with Gasteiger partial charge in [0.2, 0.25) is 5.91 Å². The topological polar surface area (TPSA) is 73.9 Å². The molecule has 0 saturated carbocycles. The van der Waals surface area contributed by atoms with Crippen molar-refractivity contribution in [3.05, 3.63) is 0 Å². The van der Waals surface area contributed by atoms with Gasteiger partial charge in [0, 0.05) is 12.8 Å². The predicted octanol–water partition coefficient (Wildman–Crippen LogP) is 1.13. The minimum atomic E-state index is -0.804. The zero-order valence-electron chi connectivity index (χ0n) is 12.0. The van der Waals surface area contributed by atoms with Gasteiger partial charge >= 0.3 is 5.97 Å². The summed E-state index contributed by atoms with van der Waals surface area (Å²) in [6, 6.07) is -0.517. The van der Waals surface area contributed by atoms with Gasteiger partial charge < -0.3 is 19.5 Å². The molecule has 0 radical (unpaired) electrons. The second-order valence-corrected chi connectivity index (χ2v) is 5.32. The zero-order valence-corrected chi connectivity index (χ0v) is 12.0. The first-order chi connectivity index (χ1) is 9.65. The van der Waals surface area contributed by atoms with Crippen molar-refractivity contribution in [2.75, 3.05) is 19.8 Å². The van der Waals surface area contributed by atoms with Crippen molar-refractivity contribution in [3.8, 4) is 0 Å². The third kappa shape index (κ3) is 3.93. The molecule has 20 heavy (non-hydrogen) atoms. The van der Waals surface area contributed by atoms with E-state index in [1.807, 2.05) is 0 Å². The second-order valence-electron chi connectivity index (χ2n) is 5.32. The molecule has 0 aromatic rings. The van der Waals surface area contributed by atoms with Crippen LogP contribution >= 0.6 is 0 Å². The van der Waals surface area contributed by atoms with Gasteiger partial charge in [-0.05, 0) is 6.42 Å². The van der Waals surface area contributed by atoms with Crippen LogP contribution in [0.1, 0.15) is 45.4 Å². The highest BCUT2D eigenvalue weighted by Gasteiger charge is 2.39. The van der Waals surface area contributed by atoms with Gasteiger partial charge in [-0.15, -0.1) is 0 Å². The van der Waals surface area contributed by atoms with Gasteiger partial charge in [0.1, 0.15) is 6.04 Å². The van der Waals surface area contributed by atoms with Gasteiger partial charge in [-0.3, -0.25) is 4.79 Å². The molecule has 0 aromatic carbocycles. The summed E-state index contributed by atoms with van der Waals surface area (Å²) >= 11 is 0. The van der Waals surface area contributed by atoms with E-state index in [0.29, 0.717) is 32.7 Å². The summed E-state index contributed by atoms with van der Waals surface area (Å²) < 4.78 is 16.1. The number of nitrogens with one attached hydrogen (secondary N) is 1. The number of amides is 1. The molecule has 0 spiro atoms. The minimum Gasteiger partial charge on any atom is -0.464 e. The van der Waals surface area contributed by atoms with Crippen LogP contribution in [0, 0.1) is 0 Å². The van der Waals surface area contributed by atoms with E-state index in [9.17, 15) is 9.59 Å². The maximum absolute atomic E-state index is 12.1. The summed E-state index contributed by atoms with van der Waals surface area (Å²) in [5.74, 6) is -1.37. The van der Waals surface area contributed by atoms with Crippen LogP contribution in [-0.2, 0) is 23.8 Å². The Morgan fingerprint density at radius 2 is 2.05 bits per heavy atom. The van der Waals surface area contributed by atoms with Crippen molar-refractivity contribution in [2.45, 2.75) is 57.3 Å². The van der Waals surface area contributed by atoms with Gasteiger partial charge in [-0.1, -0.05) is 19.8 Å². The summed E-state index contributed by atoms with van der Waals surface area (Å²) in [6.07, 6.45) is 4.55. The van der Waals surface area contributed by atoms with Crippen molar-refractivity contribution in [2.24, 2.45) is 0 Å². The van der Waals surface area contributed by atoms with Gasteiger partial charge in [-0.2, -0.15) is 0 Å². The van der Waals surface area contributed by atoms with Gasteiger partial charge in [0.25, 0.3) is 0 Å². The number of ether oxygens (including phenoxy) is 3. The average molecular weight is 285 g/mol. The van der Waals surface area contributed by atoms with Gasteiger partial charge in [0.15, 0.2) is 5.79 Å². The molecule has 2 heterocycles. The minimum absolute atomic E-state index is 0.139. The first kappa shape index (κ1) is 15.3. The highest BCUT2D eigenvalue weighted by atomic mass is 16.7. The number of hydrogen-bond donors (Lipinski definition) is 1. The summed E-state index contributed by atoms with van der Waals surface area (Å²) in [5, 5.41) is 2.70. The Kier molecular flexibility index (Phi) is 5.37. The molecule has 2 rings (SSSR count). The molecular weight excluding hydrogens is 262 g/mol. The van der Waals surface area contributed by atoms with Crippen LogP contribution in [0.5, 0.6) is 0 Å². The van der Waals surface area contributed by atoms with Crippen LogP contribution in [0.3, 0.4) is 0 Å². The fraction of sp³-hybridized carbons (Fsp3) is 0.857. The fourth-order valence-electron chi connectivity index (χ4n) is 2.59. The monoisotopic (exact) mass is 285 g/mol. The van der Waals surface area contributed by atoms with Crippen LogP contribution in [0.15, 0.2) is 0 Å². The first-order valence-corrected chi connectivity index (χ1v) is 7.39. The van der Waals surface area contributed by atoms with E-state index in [-0.39, 0.29) is 18.3 Å². The Morgan fingerprint density at radius 1 is 1.30 bits per heavy atom. The molecule has 114 valence electrons. The molecule has 0 aliphatic carbocycles. The molecular formula is C14H23NO5. The molecule has 2 aliphatic rings. The van der Waals surface area contributed by atoms with Crippen molar-refractivity contribution in [3.63, 3.8) is 0 Å². The van der Waals surface area contributed by atoms with E-state index in [1.165, 1.54) is 0 Å². The number of cyclic esters (lactones) is 1. The van der Waals surface area contributed by atoms with Crippen molar-refractivity contribution in [1.29, 1.82) is 0 Å². The number of rotatable bonds is 7. The third-order valence-electron chi connectivity index (χ3n) is 3.68. The molecule has 2 fully saturated rings. The average Bonchev–Trinajstić information content (AvgIpc) is 3.01. The lowest BCUT2D eigenvalue weighted by molar-refractivity contribution is -0.175. The van der Waals surface area contributed by atoms with E-state index < -0.39 is 11.8 Å². The van der Waals surface area contributed by atoms with Crippen LogP contribution in [0.4, 0.5) is 0 Å². The Hall–Kier alpha value is -1.14. The zero-order chi connectivity index (χ0) is 14.4. The molecule has 1 atom stereocenters. The molecule has 6 heteroatoms. The lowest BCUT2D eigenvalue weighted by Crippen LogP contribution is -2.43. The Labute approximate surface area is 119 Å². The van der Waals surface area contributed by atoms with Gasteiger partial charge in [-0.25, -0.2) is 4.79 Å². The highest BCUT2D eigenvalue weighted by molar-refractivity contribution is 5.85. The largest absolute Gasteiger partial charge is 0.464 e. The van der Waals surface area contributed by atoms with Crippen molar-refractivity contribution >= 4 is 11.9 Å². The number of carbonyl (C=O) groups excluding carboxylic acids is 2. The standard InChI is InChI=1S/C14H23NO5/c1-2-3-4-6-14(19-8-9-20-14)10-12(16)15-11-5-7-18-13(11)17/h11H,2-10H2,1H3,(H,15,16)/t11-/m0/s1. The van der Waals surface area contributed by atoms with Crippen LogP contribution in [0.25, 0.3) is 0 Å². The molecule has 2 saturated heterocycles. The molecule has 0 bridgehead atoms. The Morgan fingerprint density at radius 3 is 2.65 bits per heavy atom. The molecule has 2 aliphatic heterocycles. The number of carbonyl (C=O) groups is 2. The van der Waals surface area contributed by atoms with Crippen molar-refractivity contribution < 1.29 is 23.8 Å². The molecule has 1 N–H and O–H groups in total. The summed E-state index contributed by atoms with van der Waals surface area (Å²) in [6.45, 7) is 3.54. The normalized spacial score (nSPS) is 24.6. The van der Waals surface area contributed by atoms with E-state index >= 15 is 0 Å². The first-order valence-electron chi connectivity index (χ1n) is 7.39. The summed E-state index contributed by atoms with van der Waals surface area (Å²) in [7, 11) is 0. The summed E-state index contributed by atoms with van der Waals surface area (Å²) in [4.78, 5) is 23.4. The molecule has 6 nitrogen and oxygen atoms in total. The lowest BCUT2D eigenvalue weighted by Gasteiger charge is -2.27. The lowest BCUT2D eigenvalue weighted by atomic mass is 10.0. The maximum Gasteiger partial charge on any atom is 0.328 e. The number of esters is 1. The highest BCUT2D eigenvalue weighted by Crippen LogP contribution is 2.29. The predicted molar refractivity (Wildman–Crippen MR) is 70.9 cm³/mol. The maximum atomic E-state index is 12.1. The van der Waals surface area contributed by atoms with Crippen molar-refractivity contribution in [1.82, 2.24) is 5.32 Å². The fourth-order valence-corrected chi connectivity index (χ4v) is 2.59. The van der Waals surface area contributed by atoms with Crippen LogP contribution in [0.2, 0.25) is 0 Å². The van der Waals surface area contributed by atoms with E-state index in [2.05, 4.69) is 12.2 Å².